The van der Waals surface area contributed by atoms with Gasteiger partial charge in [-0.1, -0.05) is 12.1 Å². The standard InChI is InChI=1S/C17H27N5O2/c1-16(12-24-13-16)11-22-10-14(18-19-22)15(23)21-8-5-17(6-9-21)4-3-7-20(17)2/h10H,3-9,11-13H2,1-2H3. The van der Waals surface area contributed by atoms with E-state index in [1.807, 2.05) is 4.90 Å². The molecule has 0 aliphatic carbocycles. The predicted octanol–water partition coefficient (Wildman–Crippen LogP) is 1.01. The van der Waals surface area contributed by atoms with Gasteiger partial charge in [0.1, 0.15) is 0 Å². The normalized spacial score (nSPS) is 25.8. The van der Waals surface area contributed by atoms with Crippen molar-refractivity contribution in [2.75, 3.05) is 39.9 Å². The Morgan fingerprint density at radius 2 is 2.00 bits per heavy atom. The largest absolute Gasteiger partial charge is 0.380 e. The molecule has 1 amide bonds. The van der Waals surface area contributed by atoms with Crippen LogP contribution in [0.5, 0.6) is 0 Å². The van der Waals surface area contributed by atoms with Crippen LogP contribution in [0.15, 0.2) is 6.20 Å². The molecule has 7 heteroatoms. The monoisotopic (exact) mass is 333 g/mol. The highest BCUT2D eigenvalue weighted by Crippen LogP contribution is 2.37. The Labute approximate surface area is 142 Å². The van der Waals surface area contributed by atoms with Gasteiger partial charge in [-0.15, -0.1) is 5.10 Å². The molecule has 0 saturated carbocycles. The highest BCUT2D eigenvalue weighted by molar-refractivity contribution is 5.92. The third-order valence-electron chi connectivity index (χ3n) is 6.13. The summed E-state index contributed by atoms with van der Waals surface area (Å²) in [6.45, 7) is 7.24. The first-order chi connectivity index (χ1) is 11.5. The number of aromatic nitrogens is 3. The zero-order chi connectivity index (χ0) is 16.8. The molecular formula is C17H27N5O2. The molecule has 0 bridgehead atoms. The summed E-state index contributed by atoms with van der Waals surface area (Å²) in [7, 11) is 2.22. The number of rotatable bonds is 3. The fraction of sp³-hybridized carbons (Fsp3) is 0.824. The lowest BCUT2D eigenvalue weighted by molar-refractivity contribution is -0.111. The minimum absolute atomic E-state index is 0.0202. The first-order valence-electron chi connectivity index (χ1n) is 8.98. The van der Waals surface area contributed by atoms with E-state index in [1.54, 1.807) is 10.9 Å². The van der Waals surface area contributed by atoms with Crippen LogP contribution in [0.1, 0.15) is 43.1 Å². The second kappa shape index (κ2) is 5.81. The first-order valence-corrected chi connectivity index (χ1v) is 8.98. The average Bonchev–Trinajstić information content (AvgIpc) is 3.14. The van der Waals surface area contributed by atoms with Gasteiger partial charge in [0, 0.05) is 24.0 Å². The molecular weight excluding hydrogens is 306 g/mol. The van der Waals surface area contributed by atoms with E-state index in [-0.39, 0.29) is 11.3 Å². The van der Waals surface area contributed by atoms with Crippen LogP contribution in [0, 0.1) is 5.41 Å². The third kappa shape index (κ3) is 2.73. The number of hydrogen-bond acceptors (Lipinski definition) is 5. The summed E-state index contributed by atoms with van der Waals surface area (Å²) in [6, 6.07) is 0. The number of likely N-dealkylation sites (tertiary alicyclic amines) is 2. The van der Waals surface area contributed by atoms with Gasteiger partial charge in [0.05, 0.1) is 26.0 Å². The molecule has 3 saturated heterocycles. The van der Waals surface area contributed by atoms with Crippen molar-refractivity contribution >= 4 is 5.91 Å². The van der Waals surface area contributed by atoms with Crippen LogP contribution in [0.25, 0.3) is 0 Å². The highest BCUT2D eigenvalue weighted by atomic mass is 16.5. The van der Waals surface area contributed by atoms with Crippen LogP contribution in [0.3, 0.4) is 0 Å². The number of piperidine rings is 1. The van der Waals surface area contributed by atoms with Crippen LogP contribution in [0.2, 0.25) is 0 Å². The summed E-state index contributed by atoms with van der Waals surface area (Å²) in [4.78, 5) is 17.2. The molecule has 3 fully saturated rings. The summed E-state index contributed by atoms with van der Waals surface area (Å²) in [5.41, 5.74) is 0.917. The number of hydrogen-bond donors (Lipinski definition) is 0. The molecule has 1 aromatic rings. The molecule has 132 valence electrons. The summed E-state index contributed by atoms with van der Waals surface area (Å²) >= 11 is 0. The second-order valence-electron chi connectivity index (χ2n) is 8.15. The van der Waals surface area contributed by atoms with Crippen molar-refractivity contribution in [2.24, 2.45) is 5.41 Å². The number of ether oxygens (including phenoxy) is 1. The smallest absolute Gasteiger partial charge is 0.276 e. The van der Waals surface area contributed by atoms with E-state index in [0.717, 1.165) is 45.7 Å². The van der Waals surface area contributed by atoms with E-state index < -0.39 is 0 Å². The van der Waals surface area contributed by atoms with Crippen molar-refractivity contribution in [3.05, 3.63) is 11.9 Å². The van der Waals surface area contributed by atoms with E-state index in [4.69, 9.17) is 4.74 Å². The van der Waals surface area contributed by atoms with Crippen LogP contribution in [0.4, 0.5) is 0 Å². The molecule has 0 atom stereocenters. The fourth-order valence-corrected chi connectivity index (χ4v) is 4.40. The van der Waals surface area contributed by atoms with Gasteiger partial charge in [0.15, 0.2) is 5.69 Å². The molecule has 4 heterocycles. The molecule has 1 aromatic heterocycles. The quantitative estimate of drug-likeness (QED) is 0.826. The van der Waals surface area contributed by atoms with Gasteiger partial charge in [0.25, 0.3) is 5.91 Å². The lowest BCUT2D eigenvalue weighted by atomic mass is 9.85. The Hall–Kier alpha value is -1.47. The van der Waals surface area contributed by atoms with Crippen molar-refractivity contribution in [2.45, 2.75) is 44.7 Å². The van der Waals surface area contributed by atoms with Crippen LogP contribution in [-0.2, 0) is 11.3 Å². The van der Waals surface area contributed by atoms with Gasteiger partial charge in [-0.25, -0.2) is 0 Å². The van der Waals surface area contributed by atoms with Crippen molar-refractivity contribution in [3.63, 3.8) is 0 Å². The zero-order valence-corrected chi connectivity index (χ0v) is 14.7. The SMILES string of the molecule is CN1CCCC12CCN(C(=O)c1cn(CC3(C)COC3)nn1)CC2. The number of nitrogens with zero attached hydrogens (tertiary/aromatic N) is 5. The van der Waals surface area contributed by atoms with E-state index in [0.29, 0.717) is 11.2 Å². The molecule has 0 radical (unpaired) electrons. The number of carbonyl (C=O) groups is 1. The molecule has 7 nitrogen and oxygen atoms in total. The van der Waals surface area contributed by atoms with E-state index in [1.165, 1.54) is 19.4 Å². The first kappa shape index (κ1) is 16.0. The van der Waals surface area contributed by atoms with Crippen molar-refractivity contribution < 1.29 is 9.53 Å². The summed E-state index contributed by atoms with van der Waals surface area (Å²) in [5, 5.41) is 8.25. The maximum Gasteiger partial charge on any atom is 0.276 e. The topological polar surface area (TPSA) is 63.5 Å². The lowest BCUT2D eigenvalue weighted by Gasteiger charge is -2.43. The molecule has 0 N–H and O–H groups in total. The van der Waals surface area contributed by atoms with E-state index in [2.05, 4.69) is 29.2 Å². The maximum atomic E-state index is 12.7. The third-order valence-corrected chi connectivity index (χ3v) is 6.13. The Balaban J connectivity index is 1.37. The van der Waals surface area contributed by atoms with Crippen molar-refractivity contribution in [3.8, 4) is 0 Å². The number of carbonyl (C=O) groups excluding carboxylic acids is 1. The van der Waals surface area contributed by atoms with Gasteiger partial charge in [0.2, 0.25) is 0 Å². The van der Waals surface area contributed by atoms with Crippen molar-refractivity contribution in [1.29, 1.82) is 0 Å². The van der Waals surface area contributed by atoms with Crippen LogP contribution < -0.4 is 0 Å². The minimum atomic E-state index is 0.0202. The van der Waals surface area contributed by atoms with Crippen molar-refractivity contribution in [1.82, 2.24) is 24.8 Å². The van der Waals surface area contributed by atoms with E-state index >= 15 is 0 Å². The molecule has 3 aliphatic heterocycles. The Bertz CT molecular complexity index is 616. The summed E-state index contributed by atoms with van der Waals surface area (Å²) < 4.78 is 7.06. The predicted molar refractivity (Wildman–Crippen MR) is 88.7 cm³/mol. The van der Waals surface area contributed by atoms with Gasteiger partial charge in [-0.3, -0.25) is 9.48 Å². The van der Waals surface area contributed by atoms with Gasteiger partial charge < -0.3 is 14.5 Å². The summed E-state index contributed by atoms with van der Waals surface area (Å²) in [6.07, 6.45) is 6.47. The Morgan fingerprint density at radius 1 is 1.25 bits per heavy atom. The summed E-state index contributed by atoms with van der Waals surface area (Å²) in [5.74, 6) is 0.0202. The molecule has 1 spiro atoms. The maximum absolute atomic E-state index is 12.7. The van der Waals surface area contributed by atoms with Crippen LogP contribution in [-0.4, -0.2) is 76.1 Å². The molecule has 3 aliphatic rings. The second-order valence-corrected chi connectivity index (χ2v) is 8.15. The Kier molecular flexibility index (Phi) is 3.88. The highest BCUT2D eigenvalue weighted by Gasteiger charge is 2.42. The molecule has 0 aromatic carbocycles. The van der Waals surface area contributed by atoms with Gasteiger partial charge in [-0.05, 0) is 39.3 Å². The molecule has 4 rings (SSSR count). The fourth-order valence-electron chi connectivity index (χ4n) is 4.40. The molecule has 24 heavy (non-hydrogen) atoms. The van der Waals surface area contributed by atoms with E-state index in [9.17, 15) is 4.79 Å². The van der Waals surface area contributed by atoms with Crippen LogP contribution >= 0.6 is 0 Å². The lowest BCUT2D eigenvalue weighted by Crippen LogP contribution is -2.52. The van der Waals surface area contributed by atoms with Gasteiger partial charge >= 0.3 is 0 Å². The average molecular weight is 333 g/mol. The zero-order valence-electron chi connectivity index (χ0n) is 14.7. The van der Waals surface area contributed by atoms with Gasteiger partial charge in [-0.2, -0.15) is 0 Å². The molecule has 0 unspecified atom stereocenters. The minimum Gasteiger partial charge on any atom is -0.380 e. The Morgan fingerprint density at radius 3 is 2.58 bits per heavy atom. The number of amides is 1.